The molecule has 0 aliphatic rings. The zero-order valence-electron chi connectivity index (χ0n) is 6.06. The maximum atomic E-state index is 8.99. The Morgan fingerprint density at radius 2 is 1.73 bits per heavy atom. The van der Waals surface area contributed by atoms with Crippen LogP contribution in [0.4, 0.5) is 0 Å². The highest BCUT2D eigenvalue weighted by atomic mass is 17.0. The molecule has 4 nitrogen and oxygen atoms in total. The van der Waals surface area contributed by atoms with Gasteiger partial charge in [0.2, 0.25) is 0 Å². The van der Waals surface area contributed by atoms with E-state index in [0.717, 1.165) is 0 Å². The Labute approximate surface area is 64.2 Å². The lowest BCUT2D eigenvalue weighted by atomic mass is 10.3. The van der Waals surface area contributed by atoms with Gasteiger partial charge in [0.1, 0.15) is 0 Å². The first-order chi connectivity index (χ1) is 5.34. The minimum absolute atomic E-state index is 0.181. The lowest BCUT2D eigenvalue weighted by molar-refractivity contribution is -0.176. The van der Waals surface area contributed by atoms with Crippen LogP contribution in [-0.4, -0.2) is 22.7 Å². The highest BCUT2D eigenvalue weighted by Gasteiger charge is 1.94. The molecule has 0 saturated heterocycles. The van der Waals surface area contributed by atoms with Crippen LogP contribution in [0, 0.1) is 0 Å². The predicted octanol–water partition coefficient (Wildman–Crippen LogP) is 1.42. The topological polar surface area (TPSA) is 69.9 Å². The van der Waals surface area contributed by atoms with E-state index in [1.165, 1.54) is 7.11 Å². The van der Waals surface area contributed by atoms with Crippen molar-refractivity contribution in [3.63, 3.8) is 0 Å². The molecule has 0 spiro atoms. The Balaban J connectivity index is 0.000000461. The molecule has 0 aliphatic carbocycles. The highest BCUT2D eigenvalue weighted by molar-refractivity contribution is 5.37. The summed E-state index contributed by atoms with van der Waals surface area (Å²) >= 11 is 0. The molecule has 1 aromatic rings. The van der Waals surface area contributed by atoms with Crippen LogP contribution < -0.4 is 4.74 Å². The van der Waals surface area contributed by atoms with Gasteiger partial charge in [-0.2, -0.15) is 0 Å². The van der Waals surface area contributed by atoms with Crippen LogP contribution in [0.5, 0.6) is 11.5 Å². The van der Waals surface area contributed by atoms with Crippen molar-refractivity contribution in [1.82, 2.24) is 0 Å². The normalized spacial score (nSPS) is 7.91. The van der Waals surface area contributed by atoms with Crippen molar-refractivity contribution in [3.05, 3.63) is 24.3 Å². The Morgan fingerprint density at radius 1 is 1.18 bits per heavy atom. The minimum Gasteiger partial charge on any atom is -0.504 e. The number of ether oxygens (including phenoxy) is 1. The molecule has 0 saturated carbocycles. The van der Waals surface area contributed by atoms with E-state index in [2.05, 4.69) is 0 Å². The van der Waals surface area contributed by atoms with Crippen LogP contribution in [0.25, 0.3) is 0 Å². The van der Waals surface area contributed by atoms with E-state index in [0.29, 0.717) is 5.75 Å². The first kappa shape index (κ1) is 9.74. The number of hydrogen-bond acceptors (Lipinski definition) is 4. The number of benzene rings is 1. The van der Waals surface area contributed by atoms with Crippen LogP contribution in [0.15, 0.2) is 24.3 Å². The average molecular weight is 158 g/mol. The van der Waals surface area contributed by atoms with Crippen LogP contribution in [0.2, 0.25) is 0 Å². The van der Waals surface area contributed by atoms with Gasteiger partial charge in [0, 0.05) is 0 Å². The van der Waals surface area contributed by atoms with Crippen LogP contribution in [-0.2, 0) is 0 Å². The molecule has 62 valence electrons. The molecule has 0 fully saturated rings. The molecule has 11 heavy (non-hydrogen) atoms. The summed E-state index contributed by atoms with van der Waals surface area (Å²) in [5.74, 6) is 0.692. The van der Waals surface area contributed by atoms with Gasteiger partial charge in [-0.3, -0.25) is 10.5 Å². The van der Waals surface area contributed by atoms with Crippen molar-refractivity contribution >= 4 is 0 Å². The second-order valence-electron chi connectivity index (χ2n) is 1.67. The fraction of sp³-hybridized carbons (Fsp3) is 0.143. The SMILES string of the molecule is COc1ccccc1O.OO. The molecule has 0 radical (unpaired) electrons. The lowest BCUT2D eigenvalue weighted by Crippen LogP contribution is -1.80. The van der Waals surface area contributed by atoms with Crippen molar-refractivity contribution in [2.75, 3.05) is 7.11 Å². The molecule has 3 N–H and O–H groups in total. The first-order valence-electron chi connectivity index (χ1n) is 2.86. The monoisotopic (exact) mass is 158 g/mol. The molecule has 0 bridgehead atoms. The lowest BCUT2D eigenvalue weighted by Gasteiger charge is -1.99. The van der Waals surface area contributed by atoms with Gasteiger partial charge in [-0.15, -0.1) is 0 Å². The third kappa shape index (κ3) is 2.88. The summed E-state index contributed by atoms with van der Waals surface area (Å²) in [7, 11) is 1.52. The fourth-order valence-corrected chi connectivity index (χ4v) is 0.630. The third-order valence-corrected chi connectivity index (χ3v) is 1.09. The van der Waals surface area contributed by atoms with Crippen LogP contribution >= 0.6 is 0 Å². The van der Waals surface area contributed by atoms with E-state index in [1.54, 1.807) is 24.3 Å². The van der Waals surface area contributed by atoms with Crippen LogP contribution in [0.3, 0.4) is 0 Å². The summed E-state index contributed by atoms with van der Waals surface area (Å²) < 4.78 is 4.79. The van der Waals surface area contributed by atoms with Crippen molar-refractivity contribution in [3.8, 4) is 11.5 Å². The van der Waals surface area contributed by atoms with Crippen molar-refractivity contribution < 1.29 is 20.4 Å². The Hall–Kier alpha value is -1.26. The maximum Gasteiger partial charge on any atom is 0.160 e. The molecular weight excluding hydrogens is 148 g/mol. The van der Waals surface area contributed by atoms with Gasteiger partial charge in [0.25, 0.3) is 0 Å². The summed E-state index contributed by atoms with van der Waals surface area (Å²) in [5, 5.41) is 21.0. The largest absolute Gasteiger partial charge is 0.504 e. The number of phenolic OH excluding ortho intramolecular Hbond substituents is 1. The van der Waals surface area contributed by atoms with Gasteiger partial charge < -0.3 is 9.84 Å². The van der Waals surface area contributed by atoms with E-state index in [1.807, 2.05) is 0 Å². The highest BCUT2D eigenvalue weighted by Crippen LogP contribution is 2.22. The standard InChI is InChI=1S/C7H8O2.H2O2/c1-9-7-5-3-2-4-6(7)8;1-2/h2-5,8H,1H3;1-2H. The van der Waals surface area contributed by atoms with E-state index >= 15 is 0 Å². The number of aromatic hydroxyl groups is 1. The zero-order valence-corrected chi connectivity index (χ0v) is 6.06. The summed E-state index contributed by atoms with van der Waals surface area (Å²) in [4.78, 5) is 0. The quantitative estimate of drug-likeness (QED) is 0.427. The van der Waals surface area contributed by atoms with E-state index in [-0.39, 0.29) is 5.75 Å². The zero-order chi connectivity index (χ0) is 8.69. The molecule has 0 unspecified atom stereocenters. The summed E-state index contributed by atoms with van der Waals surface area (Å²) in [6.07, 6.45) is 0. The van der Waals surface area contributed by atoms with E-state index in [4.69, 9.17) is 20.4 Å². The second kappa shape index (κ2) is 5.52. The Morgan fingerprint density at radius 3 is 2.09 bits per heavy atom. The summed E-state index contributed by atoms with van der Waals surface area (Å²) in [6.45, 7) is 0. The summed E-state index contributed by atoms with van der Waals surface area (Å²) in [5.41, 5.74) is 0. The van der Waals surface area contributed by atoms with Crippen LogP contribution in [0.1, 0.15) is 0 Å². The number of methoxy groups -OCH3 is 1. The molecule has 0 atom stereocenters. The Bertz CT molecular complexity index is 199. The summed E-state index contributed by atoms with van der Waals surface area (Å²) in [6, 6.07) is 6.84. The maximum absolute atomic E-state index is 8.99. The number of hydrogen-bond donors (Lipinski definition) is 3. The van der Waals surface area contributed by atoms with Gasteiger partial charge in [0.05, 0.1) is 7.11 Å². The van der Waals surface area contributed by atoms with Crippen molar-refractivity contribution in [2.24, 2.45) is 0 Å². The van der Waals surface area contributed by atoms with Gasteiger partial charge in [-0.25, -0.2) is 0 Å². The van der Waals surface area contributed by atoms with Gasteiger partial charge in [0.15, 0.2) is 11.5 Å². The van der Waals surface area contributed by atoms with Gasteiger partial charge in [-0.05, 0) is 12.1 Å². The number of phenols is 1. The smallest absolute Gasteiger partial charge is 0.160 e. The molecule has 0 amide bonds. The molecule has 0 aromatic heterocycles. The molecule has 0 aliphatic heterocycles. The molecule has 4 heteroatoms. The van der Waals surface area contributed by atoms with E-state index < -0.39 is 0 Å². The molecular formula is C7H10O4. The molecule has 1 rings (SSSR count). The minimum atomic E-state index is 0.181. The Kier molecular flexibility index (Phi) is 4.89. The fourth-order valence-electron chi connectivity index (χ4n) is 0.630. The van der Waals surface area contributed by atoms with Gasteiger partial charge in [-0.1, -0.05) is 12.1 Å². The first-order valence-corrected chi connectivity index (χ1v) is 2.86. The third-order valence-electron chi connectivity index (χ3n) is 1.09. The number of rotatable bonds is 1. The van der Waals surface area contributed by atoms with Crippen molar-refractivity contribution in [1.29, 1.82) is 0 Å². The second-order valence-corrected chi connectivity index (χ2v) is 1.67. The van der Waals surface area contributed by atoms with Gasteiger partial charge >= 0.3 is 0 Å². The van der Waals surface area contributed by atoms with E-state index in [9.17, 15) is 0 Å². The molecule has 1 aromatic carbocycles. The van der Waals surface area contributed by atoms with Crippen molar-refractivity contribution in [2.45, 2.75) is 0 Å². The predicted molar refractivity (Wildman–Crippen MR) is 39.9 cm³/mol. The average Bonchev–Trinajstić information content (AvgIpc) is 2.09. The molecule has 0 heterocycles. The number of para-hydroxylation sites is 2.